The van der Waals surface area contributed by atoms with E-state index in [0.717, 1.165) is 5.69 Å². The maximum atomic E-state index is 13.1. The molecule has 1 unspecified atom stereocenters. The number of nitrogens with zero attached hydrogens (tertiary/aromatic N) is 3. The van der Waals surface area contributed by atoms with Gasteiger partial charge >= 0.3 is 0 Å². The Hall–Kier alpha value is -4.13. The van der Waals surface area contributed by atoms with E-state index >= 15 is 0 Å². The third kappa shape index (κ3) is 3.69. The number of amides is 1. The van der Waals surface area contributed by atoms with Gasteiger partial charge in [-0.25, -0.2) is 0 Å². The quantitative estimate of drug-likeness (QED) is 0.378. The van der Waals surface area contributed by atoms with Gasteiger partial charge in [0.25, 0.3) is 11.7 Å². The molecular formula is C25H23N3O4. The fourth-order valence-electron chi connectivity index (χ4n) is 3.73. The minimum atomic E-state index is -0.858. The molecule has 1 atom stereocenters. The van der Waals surface area contributed by atoms with Crippen LogP contribution < -0.4 is 14.5 Å². The summed E-state index contributed by atoms with van der Waals surface area (Å²) in [5.41, 5.74) is 2.39. The van der Waals surface area contributed by atoms with Gasteiger partial charge in [-0.3, -0.25) is 19.5 Å². The van der Waals surface area contributed by atoms with Crippen molar-refractivity contribution in [3.8, 4) is 5.75 Å². The molecule has 2 aromatic carbocycles. The number of aliphatic hydroxyl groups excluding tert-OH is 1. The number of pyridine rings is 1. The lowest BCUT2D eigenvalue weighted by Crippen LogP contribution is -2.29. The molecule has 1 N–H and O–H groups in total. The predicted octanol–water partition coefficient (Wildman–Crippen LogP) is 3.78. The molecule has 1 fully saturated rings. The minimum absolute atomic E-state index is 0.00412. The van der Waals surface area contributed by atoms with Gasteiger partial charge in [-0.1, -0.05) is 6.07 Å². The van der Waals surface area contributed by atoms with E-state index in [9.17, 15) is 14.7 Å². The van der Waals surface area contributed by atoms with Crippen molar-refractivity contribution < 1.29 is 19.4 Å². The fraction of sp³-hybridized carbons (Fsp3) is 0.160. The highest BCUT2D eigenvalue weighted by atomic mass is 16.5. The number of rotatable bonds is 5. The maximum Gasteiger partial charge on any atom is 0.300 e. The number of anilines is 2. The summed E-state index contributed by atoms with van der Waals surface area (Å²) in [4.78, 5) is 34.0. The molecule has 1 aliphatic heterocycles. The Morgan fingerprint density at radius 2 is 1.69 bits per heavy atom. The van der Waals surface area contributed by atoms with Crippen molar-refractivity contribution >= 4 is 28.8 Å². The molecule has 1 saturated heterocycles. The third-order valence-electron chi connectivity index (χ3n) is 5.42. The molecule has 0 aliphatic carbocycles. The van der Waals surface area contributed by atoms with Crippen molar-refractivity contribution in [1.82, 2.24) is 4.98 Å². The molecule has 7 heteroatoms. The van der Waals surface area contributed by atoms with E-state index in [1.54, 1.807) is 67.9 Å². The smallest absolute Gasteiger partial charge is 0.300 e. The zero-order chi connectivity index (χ0) is 22.8. The molecule has 0 bridgehead atoms. The highest BCUT2D eigenvalue weighted by molar-refractivity contribution is 6.51. The van der Waals surface area contributed by atoms with Crippen LogP contribution in [-0.2, 0) is 9.59 Å². The summed E-state index contributed by atoms with van der Waals surface area (Å²) in [6.45, 7) is 0. The lowest BCUT2D eigenvalue weighted by Gasteiger charge is -2.25. The van der Waals surface area contributed by atoms with Crippen molar-refractivity contribution in [3.63, 3.8) is 0 Å². The fourth-order valence-corrected chi connectivity index (χ4v) is 3.73. The first-order valence-corrected chi connectivity index (χ1v) is 10.1. The first-order valence-electron chi connectivity index (χ1n) is 10.1. The van der Waals surface area contributed by atoms with Gasteiger partial charge in [0.05, 0.1) is 18.4 Å². The van der Waals surface area contributed by atoms with E-state index in [0.29, 0.717) is 22.7 Å². The summed E-state index contributed by atoms with van der Waals surface area (Å²) >= 11 is 0. The number of ketones is 1. The highest BCUT2D eigenvalue weighted by Crippen LogP contribution is 2.41. The lowest BCUT2D eigenvalue weighted by atomic mass is 9.98. The standard InChI is InChI=1S/C25H23N3O4/c1-27(2)17-9-11-18(12-10-17)28-22(20-6-4-5-15-26-20)21(24(30)25(28)31)23(29)16-7-13-19(32-3)14-8-16/h4-15,22,29H,1-3H3/b23-21-. The third-order valence-corrected chi connectivity index (χ3v) is 5.42. The highest BCUT2D eigenvalue weighted by Gasteiger charge is 2.47. The van der Waals surface area contributed by atoms with E-state index in [1.165, 1.54) is 4.90 Å². The zero-order valence-corrected chi connectivity index (χ0v) is 18.0. The Morgan fingerprint density at radius 3 is 2.25 bits per heavy atom. The summed E-state index contributed by atoms with van der Waals surface area (Å²) in [6.07, 6.45) is 1.60. The number of carbonyl (C=O) groups excluding carboxylic acids is 2. The number of hydrogen-bond acceptors (Lipinski definition) is 6. The van der Waals surface area contributed by atoms with Crippen LogP contribution in [0.25, 0.3) is 5.76 Å². The Kier molecular flexibility index (Phi) is 5.64. The Morgan fingerprint density at radius 1 is 1.00 bits per heavy atom. The SMILES string of the molecule is COc1ccc(/C(O)=C2/C(=O)C(=O)N(c3ccc(N(C)C)cc3)C2c2ccccn2)cc1. The number of ether oxygens (including phenoxy) is 1. The lowest BCUT2D eigenvalue weighted by molar-refractivity contribution is -0.132. The summed E-state index contributed by atoms with van der Waals surface area (Å²) in [5.74, 6) is -1.11. The number of methoxy groups -OCH3 is 1. The summed E-state index contributed by atoms with van der Waals surface area (Å²) in [7, 11) is 5.39. The first-order chi connectivity index (χ1) is 15.4. The van der Waals surface area contributed by atoms with Crippen LogP contribution >= 0.6 is 0 Å². The average Bonchev–Trinajstić information content (AvgIpc) is 3.09. The molecule has 1 amide bonds. The van der Waals surface area contributed by atoms with Crippen LogP contribution in [0, 0.1) is 0 Å². The van der Waals surface area contributed by atoms with E-state index in [4.69, 9.17) is 4.74 Å². The number of Topliss-reactive ketones (excluding diaryl/α,β-unsaturated/α-hetero) is 1. The van der Waals surface area contributed by atoms with E-state index in [2.05, 4.69) is 4.98 Å². The molecule has 1 aliphatic rings. The molecular weight excluding hydrogens is 406 g/mol. The number of benzene rings is 2. The van der Waals surface area contributed by atoms with E-state index in [1.807, 2.05) is 31.1 Å². The van der Waals surface area contributed by atoms with Crippen molar-refractivity contribution in [2.45, 2.75) is 6.04 Å². The van der Waals surface area contributed by atoms with Gasteiger partial charge in [0.2, 0.25) is 0 Å². The minimum Gasteiger partial charge on any atom is -0.507 e. The number of hydrogen-bond donors (Lipinski definition) is 1. The Bertz CT molecular complexity index is 1170. The summed E-state index contributed by atoms with van der Waals surface area (Å²) in [5, 5.41) is 11.1. The van der Waals surface area contributed by atoms with Gasteiger partial charge in [0.15, 0.2) is 0 Å². The molecule has 162 valence electrons. The van der Waals surface area contributed by atoms with Gasteiger partial charge in [-0.05, 0) is 60.7 Å². The van der Waals surface area contributed by atoms with Crippen LogP contribution in [0.2, 0.25) is 0 Å². The molecule has 1 aromatic heterocycles. The first kappa shape index (κ1) is 21.1. The predicted molar refractivity (Wildman–Crippen MR) is 123 cm³/mol. The van der Waals surface area contributed by atoms with Crippen LogP contribution in [0.1, 0.15) is 17.3 Å². The van der Waals surface area contributed by atoms with Gasteiger partial charge < -0.3 is 14.7 Å². The molecule has 32 heavy (non-hydrogen) atoms. The van der Waals surface area contributed by atoms with Crippen LogP contribution in [0.15, 0.2) is 78.5 Å². The average molecular weight is 429 g/mol. The topological polar surface area (TPSA) is 83.0 Å². The number of aliphatic hydroxyl groups is 1. The van der Waals surface area contributed by atoms with Crippen LogP contribution in [-0.4, -0.2) is 43.0 Å². The second kappa shape index (κ2) is 8.55. The molecule has 0 radical (unpaired) electrons. The molecule has 2 heterocycles. The Labute approximate surface area is 186 Å². The van der Waals surface area contributed by atoms with Crippen LogP contribution in [0.4, 0.5) is 11.4 Å². The molecule has 3 aromatic rings. The number of aromatic nitrogens is 1. The number of carbonyl (C=O) groups is 2. The van der Waals surface area contributed by atoms with Crippen molar-refractivity contribution in [1.29, 1.82) is 0 Å². The van der Waals surface area contributed by atoms with Crippen molar-refractivity contribution in [2.24, 2.45) is 0 Å². The van der Waals surface area contributed by atoms with Crippen LogP contribution in [0.3, 0.4) is 0 Å². The van der Waals surface area contributed by atoms with E-state index < -0.39 is 17.7 Å². The summed E-state index contributed by atoms with van der Waals surface area (Å²) < 4.78 is 5.16. The normalized spacial score (nSPS) is 17.5. The largest absolute Gasteiger partial charge is 0.507 e. The zero-order valence-electron chi connectivity index (χ0n) is 18.0. The maximum absolute atomic E-state index is 13.1. The molecule has 0 saturated carbocycles. The van der Waals surface area contributed by atoms with Gasteiger partial charge in [-0.2, -0.15) is 0 Å². The summed E-state index contributed by atoms with van der Waals surface area (Å²) in [6, 6.07) is 18.4. The van der Waals surface area contributed by atoms with Crippen molar-refractivity contribution in [2.75, 3.05) is 31.0 Å². The van der Waals surface area contributed by atoms with Crippen molar-refractivity contribution in [3.05, 3.63) is 89.8 Å². The molecule has 7 nitrogen and oxygen atoms in total. The van der Waals surface area contributed by atoms with Gasteiger partial charge in [0.1, 0.15) is 17.6 Å². The molecule has 4 rings (SSSR count). The monoisotopic (exact) mass is 429 g/mol. The van der Waals surface area contributed by atoms with Gasteiger partial charge in [-0.15, -0.1) is 0 Å². The van der Waals surface area contributed by atoms with Crippen LogP contribution in [0.5, 0.6) is 5.75 Å². The van der Waals surface area contributed by atoms with Gasteiger partial charge in [0, 0.05) is 37.2 Å². The second-order valence-electron chi connectivity index (χ2n) is 7.56. The molecule has 0 spiro atoms. The Balaban J connectivity index is 1.87. The van der Waals surface area contributed by atoms with E-state index in [-0.39, 0.29) is 11.3 Å². The second-order valence-corrected chi connectivity index (χ2v) is 7.56.